The van der Waals surface area contributed by atoms with Crippen LogP contribution in [-0.4, -0.2) is 22.2 Å². The van der Waals surface area contributed by atoms with Gasteiger partial charge in [0.25, 0.3) is 11.5 Å². The van der Waals surface area contributed by atoms with Gasteiger partial charge in [0.2, 0.25) is 0 Å². The number of hydrogen-bond acceptors (Lipinski definition) is 5. The standard InChI is InChI=1S/C20H20N4O3/c1-3-21-19(25)14-9-11-15(12-10-14)23-18-17(13-22-24(2)20(18)26)27-16-7-5-4-6-8-16/h4-13,23H,3H2,1-2H3,(H,21,25). The summed E-state index contributed by atoms with van der Waals surface area (Å²) in [5.41, 5.74) is 1.15. The fourth-order valence-electron chi connectivity index (χ4n) is 2.44. The van der Waals surface area contributed by atoms with Crippen molar-refractivity contribution in [2.24, 2.45) is 7.05 Å². The van der Waals surface area contributed by atoms with Crippen LogP contribution in [0.15, 0.2) is 65.6 Å². The van der Waals surface area contributed by atoms with E-state index in [1.165, 1.54) is 10.9 Å². The predicted molar refractivity (Wildman–Crippen MR) is 104 cm³/mol. The lowest BCUT2D eigenvalue weighted by Crippen LogP contribution is -2.23. The molecule has 138 valence electrons. The van der Waals surface area contributed by atoms with Gasteiger partial charge in [0.15, 0.2) is 11.4 Å². The molecule has 0 saturated heterocycles. The molecule has 0 radical (unpaired) electrons. The molecule has 1 aromatic heterocycles. The monoisotopic (exact) mass is 364 g/mol. The zero-order valence-corrected chi connectivity index (χ0v) is 15.1. The first-order chi connectivity index (χ1) is 13.1. The first kappa shape index (κ1) is 18.2. The molecule has 0 atom stereocenters. The fraction of sp³-hybridized carbons (Fsp3) is 0.150. The molecule has 0 bridgehead atoms. The first-order valence-corrected chi connectivity index (χ1v) is 8.53. The summed E-state index contributed by atoms with van der Waals surface area (Å²) in [6, 6.07) is 16.0. The molecule has 2 aromatic carbocycles. The summed E-state index contributed by atoms with van der Waals surface area (Å²) >= 11 is 0. The minimum Gasteiger partial charge on any atom is -0.453 e. The van der Waals surface area contributed by atoms with Crippen LogP contribution in [0.5, 0.6) is 11.5 Å². The van der Waals surface area contributed by atoms with E-state index in [4.69, 9.17) is 4.74 Å². The Kier molecular flexibility index (Phi) is 5.51. The third-order valence-electron chi connectivity index (χ3n) is 3.83. The van der Waals surface area contributed by atoms with Gasteiger partial charge in [-0.25, -0.2) is 4.68 Å². The van der Waals surface area contributed by atoms with E-state index >= 15 is 0 Å². The SMILES string of the molecule is CCNC(=O)c1ccc(Nc2c(Oc3ccccc3)cnn(C)c2=O)cc1. The number of aryl methyl sites for hydroxylation is 1. The molecule has 0 saturated carbocycles. The smallest absolute Gasteiger partial charge is 0.294 e. The van der Waals surface area contributed by atoms with Crippen LogP contribution < -0.4 is 20.9 Å². The maximum absolute atomic E-state index is 12.5. The van der Waals surface area contributed by atoms with Gasteiger partial charge < -0.3 is 15.4 Å². The normalized spacial score (nSPS) is 10.3. The van der Waals surface area contributed by atoms with Gasteiger partial charge in [-0.05, 0) is 43.3 Å². The number of nitrogens with one attached hydrogen (secondary N) is 2. The topological polar surface area (TPSA) is 85.2 Å². The van der Waals surface area contributed by atoms with Crippen molar-refractivity contribution in [1.29, 1.82) is 0 Å². The summed E-state index contributed by atoms with van der Waals surface area (Å²) in [7, 11) is 1.57. The average molecular weight is 364 g/mol. The molecule has 0 aliphatic rings. The fourth-order valence-corrected chi connectivity index (χ4v) is 2.44. The number of para-hydroxylation sites is 1. The van der Waals surface area contributed by atoms with E-state index in [0.717, 1.165) is 0 Å². The van der Waals surface area contributed by atoms with Gasteiger partial charge in [0.05, 0.1) is 6.20 Å². The lowest BCUT2D eigenvalue weighted by molar-refractivity contribution is 0.0956. The Morgan fingerprint density at radius 3 is 2.48 bits per heavy atom. The van der Waals surface area contributed by atoms with Gasteiger partial charge in [-0.2, -0.15) is 5.10 Å². The van der Waals surface area contributed by atoms with Gasteiger partial charge in [0, 0.05) is 24.8 Å². The molecular weight excluding hydrogens is 344 g/mol. The second kappa shape index (κ2) is 8.18. The molecule has 1 heterocycles. The zero-order valence-electron chi connectivity index (χ0n) is 15.1. The number of anilines is 2. The maximum atomic E-state index is 12.5. The first-order valence-electron chi connectivity index (χ1n) is 8.53. The number of carbonyl (C=O) groups is 1. The molecular formula is C20H20N4O3. The third-order valence-corrected chi connectivity index (χ3v) is 3.83. The Balaban J connectivity index is 1.88. The van der Waals surface area contributed by atoms with Crippen molar-refractivity contribution in [1.82, 2.24) is 15.1 Å². The van der Waals surface area contributed by atoms with Gasteiger partial charge in [-0.3, -0.25) is 9.59 Å². The van der Waals surface area contributed by atoms with Crippen LogP contribution in [0.4, 0.5) is 11.4 Å². The zero-order chi connectivity index (χ0) is 19.2. The predicted octanol–water partition coefficient (Wildman–Crippen LogP) is 3.07. The Morgan fingerprint density at radius 1 is 1.11 bits per heavy atom. The van der Waals surface area contributed by atoms with E-state index < -0.39 is 0 Å². The molecule has 2 N–H and O–H groups in total. The molecule has 3 aromatic rings. The van der Waals surface area contributed by atoms with Crippen molar-refractivity contribution in [3.8, 4) is 11.5 Å². The van der Waals surface area contributed by atoms with Crippen LogP contribution in [0.3, 0.4) is 0 Å². The number of carbonyl (C=O) groups excluding carboxylic acids is 1. The van der Waals surface area contributed by atoms with E-state index in [1.54, 1.807) is 43.4 Å². The number of aromatic nitrogens is 2. The van der Waals surface area contributed by atoms with Crippen LogP contribution in [0.2, 0.25) is 0 Å². The highest BCUT2D eigenvalue weighted by Crippen LogP contribution is 2.28. The van der Waals surface area contributed by atoms with Crippen LogP contribution in [0.1, 0.15) is 17.3 Å². The summed E-state index contributed by atoms with van der Waals surface area (Å²) in [6.45, 7) is 2.42. The Morgan fingerprint density at radius 2 is 1.81 bits per heavy atom. The second-order valence-electron chi connectivity index (χ2n) is 5.79. The van der Waals surface area contributed by atoms with Crippen LogP contribution in [0.25, 0.3) is 0 Å². The highest BCUT2D eigenvalue weighted by molar-refractivity contribution is 5.94. The second-order valence-corrected chi connectivity index (χ2v) is 5.79. The van der Waals surface area contributed by atoms with Crippen LogP contribution in [0, 0.1) is 0 Å². The van der Waals surface area contributed by atoms with Crippen molar-refractivity contribution in [3.05, 3.63) is 76.7 Å². The minimum absolute atomic E-state index is 0.142. The number of hydrogen-bond donors (Lipinski definition) is 2. The maximum Gasteiger partial charge on any atom is 0.294 e. The Bertz CT molecular complexity index is 982. The molecule has 0 aliphatic carbocycles. The van der Waals surface area contributed by atoms with E-state index in [2.05, 4.69) is 15.7 Å². The quantitative estimate of drug-likeness (QED) is 0.702. The molecule has 1 amide bonds. The molecule has 3 rings (SSSR count). The van der Waals surface area contributed by atoms with Gasteiger partial charge in [0.1, 0.15) is 5.75 Å². The number of nitrogens with zero attached hydrogens (tertiary/aromatic N) is 2. The number of rotatable bonds is 6. The summed E-state index contributed by atoms with van der Waals surface area (Å²) < 4.78 is 7.03. The van der Waals surface area contributed by atoms with E-state index in [0.29, 0.717) is 29.3 Å². The summed E-state index contributed by atoms with van der Waals surface area (Å²) in [5, 5.41) is 9.83. The van der Waals surface area contributed by atoms with E-state index in [1.807, 2.05) is 25.1 Å². The lowest BCUT2D eigenvalue weighted by atomic mass is 10.2. The summed E-state index contributed by atoms with van der Waals surface area (Å²) in [4.78, 5) is 24.4. The van der Waals surface area contributed by atoms with Crippen molar-refractivity contribution in [3.63, 3.8) is 0 Å². The van der Waals surface area contributed by atoms with Crippen LogP contribution >= 0.6 is 0 Å². The molecule has 0 fully saturated rings. The summed E-state index contributed by atoms with van der Waals surface area (Å²) in [6.07, 6.45) is 1.49. The number of amides is 1. The number of ether oxygens (including phenoxy) is 1. The van der Waals surface area contributed by atoms with Crippen molar-refractivity contribution < 1.29 is 9.53 Å². The number of benzene rings is 2. The average Bonchev–Trinajstić information content (AvgIpc) is 2.69. The molecule has 7 nitrogen and oxygen atoms in total. The summed E-state index contributed by atoms with van der Waals surface area (Å²) in [5.74, 6) is 0.774. The largest absolute Gasteiger partial charge is 0.453 e. The highest BCUT2D eigenvalue weighted by Gasteiger charge is 2.13. The molecule has 7 heteroatoms. The van der Waals surface area contributed by atoms with Crippen molar-refractivity contribution in [2.75, 3.05) is 11.9 Å². The van der Waals surface area contributed by atoms with Crippen molar-refractivity contribution >= 4 is 17.3 Å². The van der Waals surface area contributed by atoms with Gasteiger partial charge >= 0.3 is 0 Å². The molecule has 0 aliphatic heterocycles. The van der Waals surface area contributed by atoms with E-state index in [9.17, 15) is 9.59 Å². The van der Waals surface area contributed by atoms with Crippen LogP contribution in [-0.2, 0) is 7.05 Å². The van der Waals surface area contributed by atoms with E-state index in [-0.39, 0.29) is 17.2 Å². The Labute approximate surface area is 156 Å². The Hall–Kier alpha value is -3.61. The van der Waals surface area contributed by atoms with Gasteiger partial charge in [-0.15, -0.1) is 0 Å². The molecule has 0 unspecified atom stereocenters. The minimum atomic E-state index is -0.323. The van der Waals surface area contributed by atoms with Gasteiger partial charge in [-0.1, -0.05) is 18.2 Å². The van der Waals surface area contributed by atoms with Crippen molar-refractivity contribution in [2.45, 2.75) is 6.92 Å². The molecule has 0 spiro atoms. The molecule has 27 heavy (non-hydrogen) atoms. The lowest BCUT2D eigenvalue weighted by Gasteiger charge is -2.13. The highest BCUT2D eigenvalue weighted by atomic mass is 16.5. The third kappa shape index (κ3) is 4.33.